The van der Waals surface area contributed by atoms with Gasteiger partial charge in [-0.15, -0.1) is 0 Å². The highest BCUT2D eigenvalue weighted by atomic mass is 16.5. The Morgan fingerprint density at radius 1 is 1.17 bits per heavy atom. The average Bonchev–Trinajstić information content (AvgIpc) is 2.75. The highest BCUT2D eigenvalue weighted by Gasteiger charge is 2.60. The number of nitrogens with zero attached hydrogens (tertiary/aromatic N) is 1. The molecule has 3 saturated carbocycles. The maximum absolute atomic E-state index is 12.7. The standard InChI is InChI=1S/C20H27NO3/c1-21-10-9-20(14-7-8-17(23-2)18(12-14)24-3)13-5-4-6-15(19(20)21)16(22)11-13/h7-8,12-13,15,19H,4-6,9-11H2,1-3H3/t13-,15+,19+,20-/m0/s1. The Labute approximate surface area is 144 Å². The molecule has 130 valence electrons. The largest absolute Gasteiger partial charge is 0.493 e. The molecule has 4 fully saturated rings. The minimum atomic E-state index is 0.0867. The van der Waals surface area contributed by atoms with E-state index in [1.54, 1.807) is 14.2 Å². The molecular weight excluding hydrogens is 302 g/mol. The zero-order valence-electron chi connectivity index (χ0n) is 14.9. The van der Waals surface area contributed by atoms with Crippen molar-refractivity contribution in [2.45, 2.75) is 43.6 Å². The molecular formula is C20H27NO3. The summed E-state index contributed by atoms with van der Waals surface area (Å²) >= 11 is 0. The number of carbonyl (C=O) groups excluding carboxylic acids is 1. The van der Waals surface area contributed by atoms with E-state index in [2.05, 4.69) is 24.1 Å². The zero-order valence-corrected chi connectivity index (χ0v) is 14.9. The number of rotatable bonds is 3. The molecule has 0 N–H and O–H groups in total. The maximum atomic E-state index is 12.7. The maximum Gasteiger partial charge on any atom is 0.161 e. The highest BCUT2D eigenvalue weighted by molar-refractivity contribution is 5.84. The molecule has 5 rings (SSSR count). The third-order valence-electron chi connectivity index (χ3n) is 6.84. The summed E-state index contributed by atoms with van der Waals surface area (Å²) in [5, 5.41) is 0. The van der Waals surface area contributed by atoms with Gasteiger partial charge in [0.2, 0.25) is 0 Å². The predicted molar refractivity (Wildman–Crippen MR) is 92.7 cm³/mol. The third kappa shape index (κ3) is 2.05. The van der Waals surface area contributed by atoms with E-state index in [0.717, 1.165) is 37.3 Å². The third-order valence-corrected chi connectivity index (χ3v) is 6.84. The molecule has 4 atom stereocenters. The summed E-state index contributed by atoms with van der Waals surface area (Å²) in [6.07, 6.45) is 5.29. The number of ketones is 1. The molecule has 1 aliphatic heterocycles. The fourth-order valence-corrected chi connectivity index (χ4v) is 5.85. The fourth-order valence-electron chi connectivity index (χ4n) is 5.85. The number of hydrogen-bond donors (Lipinski definition) is 0. The number of Topliss-reactive ketones (excluding diaryl/α,β-unsaturated/α-hetero) is 1. The number of methoxy groups -OCH3 is 2. The Bertz CT molecular complexity index is 658. The monoisotopic (exact) mass is 329 g/mol. The Morgan fingerprint density at radius 2 is 1.96 bits per heavy atom. The molecule has 0 amide bonds. The summed E-state index contributed by atoms with van der Waals surface area (Å²) in [6, 6.07) is 6.73. The van der Waals surface area contributed by atoms with Crippen molar-refractivity contribution in [3.05, 3.63) is 23.8 Å². The number of likely N-dealkylation sites (N-methyl/N-ethyl adjacent to an activating group) is 1. The van der Waals surface area contributed by atoms with Crippen LogP contribution in [0.25, 0.3) is 0 Å². The second-order valence-corrected chi connectivity index (χ2v) is 7.69. The first-order chi connectivity index (χ1) is 11.6. The van der Waals surface area contributed by atoms with Gasteiger partial charge in [0.25, 0.3) is 0 Å². The summed E-state index contributed by atoms with van der Waals surface area (Å²) in [5.41, 5.74) is 1.42. The van der Waals surface area contributed by atoms with Crippen molar-refractivity contribution in [2.24, 2.45) is 11.8 Å². The highest BCUT2D eigenvalue weighted by Crippen LogP contribution is 2.57. The molecule has 0 aromatic heterocycles. The second kappa shape index (κ2) is 5.76. The van der Waals surface area contributed by atoms with E-state index in [4.69, 9.17) is 9.47 Å². The summed E-state index contributed by atoms with van der Waals surface area (Å²) in [5.74, 6) is 2.72. The van der Waals surface area contributed by atoms with Gasteiger partial charge in [-0.25, -0.2) is 0 Å². The number of carbonyl (C=O) groups is 1. The minimum Gasteiger partial charge on any atom is -0.493 e. The van der Waals surface area contributed by atoms with Crippen LogP contribution < -0.4 is 9.47 Å². The van der Waals surface area contributed by atoms with Crippen LogP contribution in [0.3, 0.4) is 0 Å². The molecule has 1 aromatic carbocycles. The molecule has 4 heteroatoms. The van der Waals surface area contributed by atoms with Crippen molar-refractivity contribution in [3.8, 4) is 11.5 Å². The first kappa shape index (κ1) is 15.9. The number of hydrogen-bond acceptors (Lipinski definition) is 4. The van der Waals surface area contributed by atoms with Gasteiger partial charge in [-0.3, -0.25) is 4.79 Å². The first-order valence-electron chi connectivity index (χ1n) is 9.07. The van der Waals surface area contributed by atoms with Gasteiger partial charge >= 0.3 is 0 Å². The number of likely N-dealkylation sites (tertiary alicyclic amines) is 1. The quantitative estimate of drug-likeness (QED) is 0.854. The molecule has 0 radical (unpaired) electrons. The van der Waals surface area contributed by atoms with Crippen LogP contribution in [-0.4, -0.2) is 44.5 Å². The summed E-state index contributed by atoms with van der Waals surface area (Å²) in [6.45, 7) is 1.07. The zero-order chi connectivity index (χ0) is 16.9. The molecule has 4 nitrogen and oxygen atoms in total. The van der Waals surface area contributed by atoms with Gasteiger partial charge in [0.15, 0.2) is 11.5 Å². The summed E-state index contributed by atoms with van der Waals surface area (Å²) < 4.78 is 11.0. The van der Waals surface area contributed by atoms with Gasteiger partial charge in [-0.1, -0.05) is 12.5 Å². The van der Waals surface area contributed by atoms with Crippen LogP contribution >= 0.6 is 0 Å². The van der Waals surface area contributed by atoms with Gasteiger partial charge in [-0.2, -0.15) is 0 Å². The van der Waals surface area contributed by atoms with E-state index in [1.165, 1.54) is 18.4 Å². The molecule has 24 heavy (non-hydrogen) atoms. The van der Waals surface area contributed by atoms with Crippen molar-refractivity contribution < 1.29 is 14.3 Å². The Balaban J connectivity index is 1.86. The van der Waals surface area contributed by atoms with Crippen molar-refractivity contribution in [1.82, 2.24) is 4.90 Å². The number of benzene rings is 1. The normalized spacial score (nSPS) is 35.6. The Kier molecular flexibility index (Phi) is 3.83. The topological polar surface area (TPSA) is 38.8 Å². The number of ether oxygens (including phenoxy) is 2. The van der Waals surface area contributed by atoms with Gasteiger partial charge in [0.1, 0.15) is 5.78 Å². The van der Waals surface area contributed by atoms with Crippen LogP contribution in [0.5, 0.6) is 11.5 Å². The van der Waals surface area contributed by atoms with Crippen LogP contribution in [0.4, 0.5) is 0 Å². The summed E-state index contributed by atoms with van der Waals surface area (Å²) in [4.78, 5) is 15.1. The van der Waals surface area contributed by atoms with E-state index in [0.29, 0.717) is 17.7 Å². The molecule has 1 heterocycles. The lowest BCUT2D eigenvalue weighted by Crippen LogP contribution is -2.55. The fraction of sp³-hybridized carbons (Fsp3) is 0.650. The molecule has 2 bridgehead atoms. The van der Waals surface area contributed by atoms with E-state index in [9.17, 15) is 4.79 Å². The van der Waals surface area contributed by atoms with Crippen LogP contribution in [0.15, 0.2) is 18.2 Å². The van der Waals surface area contributed by atoms with E-state index >= 15 is 0 Å². The Hall–Kier alpha value is -1.55. The van der Waals surface area contributed by atoms with Gasteiger partial charge < -0.3 is 14.4 Å². The van der Waals surface area contributed by atoms with Crippen LogP contribution in [0.2, 0.25) is 0 Å². The predicted octanol–water partition coefficient (Wildman–Crippen LogP) is 3.03. The van der Waals surface area contributed by atoms with Gasteiger partial charge in [-0.05, 0) is 56.5 Å². The molecule has 0 unspecified atom stereocenters. The lowest BCUT2D eigenvalue weighted by Gasteiger charge is -2.48. The minimum absolute atomic E-state index is 0.0867. The lowest BCUT2D eigenvalue weighted by molar-refractivity contribution is -0.130. The Morgan fingerprint density at radius 3 is 2.71 bits per heavy atom. The van der Waals surface area contributed by atoms with E-state index in [1.807, 2.05) is 6.07 Å². The smallest absolute Gasteiger partial charge is 0.161 e. The van der Waals surface area contributed by atoms with Crippen molar-refractivity contribution >= 4 is 5.78 Å². The molecule has 1 aromatic rings. The van der Waals surface area contributed by atoms with Gasteiger partial charge in [0, 0.05) is 23.8 Å². The summed E-state index contributed by atoms with van der Waals surface area (Å²) in [7, 11) is 5.57. The second-order valence-electron chi connectivity index (χ2n) is 7.69. The van der Waals surface area contributed by atoms with Gasteiger partial charge in [0.05, 0.1) is 14.2 Å². The molecule has 0 spiro atoms. The number of fused-ring (bicyclic) bond motifs is 3. The first-order valence-corrected chi connectivity index (χ1v) is 9.07. The van der Waals surface area contributed by atoms with E-state index < -0.39 is 0 Å². The molecule has 4 aliphatic rings. The van der Waals surface area contributed by atoms with Crippen molar-refractivity contribution in [1.29, 1.82) is 0 Å². The van der Waals surface area contributed by atoms with Crippen molar-refractivity contribution in [3.63, 3.8) is 0 Å². The van der Waals surface area contributed by atoms with Crippen molar-refractivity contribution in [2.75, 3.05) is 27.8 Å². The average molecular weight is 329 g/mol. The van der Waals surface area contributed by atoms with Crippen LogP contribution in [0.1, 0.15) is 37.7 Å². The van der Waals surface area contributed by atoms with E-state index in [-0.39, 0.29) is 11.3 Å². The molecule has 3 aliphatic carbocycles. The SMILES string of the molecule is COc1ccc([C@@]23CCN(C)[C@@H]2[C@@H]2CCC[C@H]3CC2=O)cc1OC. The van der Waals surface area contributed by atoms with Crippen LogP contribution in [-0.2, 0) is 10.2 Å². The molecule has 1 saturated heterocycles. The lowest BCUT2D eigenvalue weighted by atomic mass is 9.57. The van der Waals surface area contributed by atoms with Crippen LogP contribution in [0, 0.1) is 11.8 Å².